The molecule has 2 N–H and O–H groups in total. The first kappa shape index (κ1) is 16.9. The van der Waals surface area contributed by atoms with Gasteiger partial charge in [0.1, 0.15) is 0 Å². The van der Waals surface area contributed by atoms with Crippen LogP contribution >= 0.6 is 11.3 Å². The first-order valence-electron chi connectivity index (χ1n) is 8.31. The topological polar surface area (TPSA) is 41.5 Å². The lowest BCUT2D eigenvalue weighted by atomic mass is 9.83. The fourth-order valence-corrected chi connectivity index (χ4v) is 3.86. The summed E-state index contributed by atoms with van der Waals surface area (Å²) in [5, 5.41) is 15.6. The molecule has 1 aromatic rings. The number of rotatable bonds is 9. The molecule has 0 bridgehead atoms. The third-order valence-electron chi connectivity index (χ3n) is 4.41. The second kappa shape index (κ2) is 9.57. The van der Waals surface area contributed by atoms with Crippen LogP contribution in [-0.4, -0.2) is 30.4 Å². The van der Waals surface area contributed by atoms with Crippen LogP contribution in [0.15, 0.2) is 17.5 Å². The van der Waals surface area contributed by atoms with E-state index in [1.54, 1.807) is 11.3 Å². The van der Waals surface area contributed by atoms with Crippen LogP contribution in [-0.2, 0) is 11.3 Å². The van der Waals surface area contributed by atoms with E-state index >= 15 is 0 Å². The van der Waals surface area contributed by atoms with E-state index in [1.807, 2.05) is 11.4 Å². The lowest BCUT2D eigenvalue weighted by molar-refractivity contribution is 0.0270. The van der Waals surface area contributed by atoms with Gasteiger partial charge in [-0.3, -0.25) is 0 Å². The molecule has 0 spiro atoms. The van der Waals surface area contributed by atoms with Crippen LogP contribution in [0.4, 0.5) is 0 Å². The van der Waals surface area contributed by atoms with Gasteiger partial charge in [-0.25, -0.2) is 0 Å². The van der Waals surface area contributed by atoms with Crippen molar-refractivity contribution in [1.29, 1.82) is 0 Å². The number of hydrogen-bond donors (Lipinski definition) is 2. The van der Waals surface area contributed by atoms with Gasteiger partial charge in [0.15, 0.2) is 0 Å². The third kappa shape index (κ3) is 6.07. The van der Waals surface area contributed by atoms with Gasteiger partial charge in [-0.2, -0.15) is 0 Å². The molecule has 1 aliphatic rings. The predicted octanol–water partition coefficient (Wildman–Crippen LogP) is 3.57. The molecule has 21 heavy (non-hydrogen) atoms. The molecule has 2 rings (SSSR count). The molecule has 2 unspecified atom stereocenters. The summed E-state index contributed by atoms with van der Waals surface area (Å²) in [4.78, 5) is 1.21. The molecule has 1 fully saturated rings. The molecule has 3 nitrogen and oxygen atoms in total. The van der Waals surface area contributed by atoms with Gasteiger partial charge in [0, 0.05) is 17.5 Å². The number of nitrogens with one attached hydrogen (secondary N) is 1. The van der Waals surface area contributed by atoms with Crippen molar-refractivity contribution in [2.75, 3.05) is 13.2 Å². The minimum Gasteiger partial charge on any atom is -0.389 e. The van der Waals surface area contributed by atoms with Gasteiger partial charge in [-0.05, 0) is 36.6 Å². The first-order chi connectivity index (χ1) is 10.3. The molecular weight excluding hydrogens is 282 g/mol. The van der Waals surface area contributed by atoms with Crippen LogP contribution in [0, 0.1) is 5.92 Å². The Morgan fingerprint density at radius 2 is 2.19 bits per heavy atom. The summed E-state index contributed by atoms with van der Waals surface area (Å²) in [6, 6.07) is 4.64. The average molecular weight is 311 g/mol. The summed E-state index contributed by atoms with van der Waals surface area (Å²) in [7, 11) is 0. The molecule has 1 aromatic heterocycles. The Balaban J connectivity index is 1.61. The number of thiophene rings is 1. The van der Waals surface area contributed by atoms with Crippen molar-refractivity contribution in [2.45, 2.75) is 64.2 Å². The Bertz CT molecular complexity index is 363. The molecule has 120 valence electrons. The van der Waals surface area contributed by atoms with E-state index in [1.165, 1.54) is 37.0 Å². The first-order valence-corrected chi connectivity index (χ1v) is 9.19. The normalized spacial score (nSPS) is 19.5. The van der Waals surface area contributed by atoms with Crippen LogP contribution in [0.5, 0.6) is 0 Å². The second-order valence-electron chi connectivity index (χ2n) is 6.07. The summed E-state index contributed by atoms with van der Waals surface area (Å²) in [5.74, 6) is 0.794. The van der Waals surface area contributed by atoms with Gasteiger partial charge >= 0.3 is 0 Å². The number of aliphatic hydroxyl groups excluding tert-OH is 1. The molecule has 4 heteroatoms. The zero-order valence-corrected chi connectivity index (χ0v) is 13.9. The summed E-state index contributed by atoms with van der Waals surface area (Å²) in [6.07, 6.45) is 7.56. The van der Waals surface area contributed by atoms with Crippen molar-refractivity contribution in [3.05, 3.63) is 22.4 Å². The van der Waals surface area contributed by atoms with E-state index in [4.69, 9.17) is 4.74 Å². The lowest BCUT2D eigenvalue weighted by Gasteiger charge is -2.31. The van der Waals surface area contributed by atoms with Crippen molar-refractivity contribution in [2.24, 2.45) is 5.92 Å². The van der Waals surface area contributed by atoms with Crippen molar-refractivity contribution in [3.8, 4) is 0 Å². The van der Waals surface area contributed by atoms with E-state index in [0.717, 1.165) is 12.3 Å². The molecule has 0 aromatic carbocycles. The fraction of sp³-hybridized carbons (Fsp3) is 0.765. The Morgan fingerprint density at radius 1 is 1.38 bits per heavy atom. The van der Waals surface area contributed by atoms with Gasteiger partial charge in [0.2, 0.25) is 0 Å². The molecule has 0 aliphatic heterocycles. The molecule has 1 saturated carbocycles. The highest BCUT2D eigenvalue weighted by molar-refractivity contribution is 7.09. The Labute approximate surface area is 132 Å². The van der Waals surface area contributed by atoms with E-state index in [-0.39, 0.29) is 0 Å². The van der Waals surface area contributed by atoms with E-state index < -0.39 is 6.10 Å². The average Bonchev–Trinajstić information content (AvgIpc) is 3.02. The molecule has 0 amide bonds. The van der Waals surface area contributed by atoms with Crippen LogP contribution in [0.3, 0.4) is 0 Å². The predicted molar refractivity (Wildman–Crippen MR) is 88.6 cm³/mol. The number of hydrogen-bond acceptors (Lipinski definition) is 4. The Hall–Kier alpha value is -0.420. The molecule has 0 radical (unpaired) electrons. The molecule has 0 saturated heterocycles. The van der Waals surface area contributed by atoms with Crippen molar-refractivity contribution in [3.63, 3.8) is 0 Å². The number of ether oxygens (including phenoxy) is 1. The highest BCUT2D eigenvalue weighted by Gasteiger charge is 2.22. The maximum absolute atomic E-state index is 10.0. The molecule has 2 atom stereocenters. The minimum absolute atomic E-state index is 0.409. The van der Waals surface area contributed by atoms with Gasteiger partial charge in [-0.15, -0.1) is 11.3 Å². The largest absolute Gasteiger partial charge is 0.389 e. The summed E-state index contributed by atoms with van der Waals surface area (Å²) in [5.41, 5.74) is 0. The zero-order chi connectivity index (χ0) is 14.9. The van der Waals surface area contributed by atoms with Gasteiger partial charge in [0.25, 0.3) is 0 Å². The summed E-state index contributed by atoms with van der Waals surface area (Å²) >= 11 is 1.69. The van der Waals surface area contributed by atoms with Crippen molar-refractivity contribution in [1.82, 2.24) is 5.32 Å². The van der Waals surface area contributed by atoms with E-state index in [9.17, 15) is 5.11 Å². The maximum Gasteiger partial charge on any atom is 0.0897 e. The summed E-state index contributed by atoms with van der Waals surface area (Å²) in [6.45, 7) is 3.89. The Kier molecular flexibility index (Phi) is 7.72. The van der Waals surface area contributed by atoms with E-state index in [2.05, 4.69) is 18.3 Å². The SMILES string of the molecule is CCC(NCC(O)COCc1cccs1)C1CCCCC1. The van der Waals surface area contributed by atoms with Crippen LogP contribution in [0.1, 0.15) is 50.3 Å². The highest BCUT2D eigenvalue weighted by atomic mass is 32.1. The van der Waals surface area contributed by atoms with E-state index in [0.29, 0.717) is 25.8 Å². The summed E-state index contributed by atoms with van der Waals surface area (Å²) < 4.78 is 5.57. The quantitative estimate of drug-likeness (QED) is 0.732. The minimum atomic E-state index is -0.414. The van der Waals surface area contributed by atoms with Gasteiger partial charge < -0.3 is 15.2 Å². The second-order valence-corrected chi connectivity index (χ2v) is 7.10. The van der Waals surface area contributed by atoms with Crippen LogP contribution in [0.2, 0.25) is 0 Å². The zero-order valence-electron chi connectivity index (χ0n) is 13.1. The monoisotopic (exact) mass is 311 g/mol. The standard InChI is InChI=1S/C17H29NO2S/c1-2-17(14-7-4-3-5-8-14)18-11-15(19)12-20-13-16-9-6-10-21-16/h6,9-10,14-15,17-19H,2-5,7-8,11-13H2,1H3. The van der Waals surface area contributed by atoms with Crippen molar-refractivity contribution >= 4 is 11.3 Å². The lowest BCUT2D eigenvalue weighted by Crippen LogP contribution is -2.42. The molecular formula is C17H29NO2S. The fourth-order valence-electron chi connectivity index (χ4n) is 3.22. The molecule has 1 aliphatic carbocycles. The highest BCUT2D eigenvalue weighted by Crippen LogP contribution is 2.27. The Morgan fingerprint density at radius 3 is 2.86 bits per heavy atom. The number of aliphatic hydroxyl groups is 1. The van der Waals surface area contributed by atoms with Crippen LogP contribution in [0.25, 0.3) is 0 Å². The van der Waals surface area contributed by atoms with Crippen LogP contribution < -0.4 is 5.32 Å². The maximum atomic E-state index is 10.0. The van der Waals surface area contributed by atoms with Gasteiger partial charge in [0.05, 0.1) is 19.3 Å². The van der Waals surface area contributed by atoms with Gasteiger partial charge in [-0.1, -0.05) is 32.3 Å². The molecule has 1 heterocycles. The third-order valence-corrected chi connectivity index (χ3v) is 5.26. The smallest absolute Gasteiger partial charge is 0.0897 e. The van der Waals surface area contributed by atoms with Crippen molar-refractivity contribution < 1.29 is 9.84 Å².